The Labute approximate surface area is 194 Å². The molecule has 30 heavy (non-hydrogen) atoms. The Bertz CT molecular complexity index is 930. The van der Waals surface area contributed by atoms with Crippen molar-refractivity contribution in [1.29, 1.82) is 0 Å². The number of halogens is 3. The maximum absolute atomic E-state index is 12.4. The minimum atomic E-state index is -0.134. The Hall–Kier alpha value is -1.80. The van der Waals surface area contributed by atoms with Crippen molar-refractivity contribution >= 4 is 66.2 Å². The lowest BCUT2D eigenvalue weighted by Gasteiger charge is -2.37. The van der Waals surface area contributed by atoms with Crippen molar-refractivity contribution in [2.45, 2.75) is 31.7 Å². The molecule has 5 rings (SSSR count). The number of aromatic nitrogens is 2. The molecule has 0 atom stereocenters. The molecule has 1 amide bonds. The highest BCUT2D eigenvalue weighted by Crippen LogP contribution is 2.24. The van der Waals surface area contributed by atoms with E-state index in [4.69, 9.17) is 0 Å². The average Bonchev–Trinajstić information content (AvgIpc) is 3.44. The second-order valence-corrected chi connectivity index (χ2v) is 7.52. The van der Waals surface area contributed by atoms with Crippen molar-refractivity contribution < 1.29 is 4.79 Å². The number of carbonyl (C=O) groups is 1. The van der Waals surface area contributed by atoms with Crippen LogP contribution in [0.3, 0.4) is 0 Å². The largest absolute Gasteiger partial charge is 0.346 e. The van der Waals surface area contributed by atoms with Gasteiger partial charge in [-0.05, 0) is 57.0 Å². The first-order valence-electron chi connectivity index (χ1n) is 9.81. The number of hydrogen-bond acceptors (Lipinski definition) is 5. The lowest BCUT2D eigenvalue weighted by Crippen LogP contribution is -2.49. The van der Waals surface area contributed by atoms with E-state index in [2.05, 4.69) is 30.1 Å². The quantitative estimate of drug-likeness (QED) is 0.657. The number of pyridine rings is 1. The van der Waals surface area contributed by atoms with Crippen LogP contribution < -0.4 is 5.32 Å². The monoisotopic (exact) mass is 472 g/mol. The number of guanidine groups is 1. The van der Waals surface area contributed by atoms with Gasteiger partial charge in [-0.1, -0.05) is 0 Å². The van der Waals surface area contributed by atoms with Crippen LogP contribution in [0.1, 0.15) is 31.2 Å². The summed E-state index contributed by atoms with van der Waals surface area (Å²) in [5.41, 5.74) is 2.20. The Morgan fingerprint density at radius 1 is 1.07 bits per heavy atom. The smallest absolute Gasteiger partial charge is 0.276 e. The molecule has 0 saturated carbocycles. The molecule has 2 fully saturated rings. The molecule has 7 nitrogen and oxygen atoms in total. The van der Waals surface area contributed by atoms with Gasteiger partial charge in [-0.15, -0.1) is 37.2 Å². The van der Waals surface area contributed by atoms with E-state index in [1.54, 1.807) is 6.20 Å². The first kappa shape index (κ1) is 24.5. The SMILES string of the molecule is Cl.Cl.Cl.O=C1NC(N2CCC(N3CCCC3)CC2)=N/C1=C\c1c[nH]c2ncccc12. The molecule has 3 aliphatic heterocycles. The van der Waals surface area contributed by atoms with E-state index in [9.17, 15) is 4.79 Å². The fourth-order valence-corrected chi connectivity index (χ4v) is 4.40. The summed E-state index contributed by atoms with van der Waals surface area (Å²) in [6.07, 6.45) is 10.4. The molecule has 2 aromatic rings. The summed E-state index contributed by atoms with van der Waals surface area (Å²) in [5, 5.41) is 3.94. The van der Waals surface area contributed by atoms with Gasteiger partial charge < -0.3 is 14.8 Å². The van der Waals surface area contributed by atoms with Crippen LogP contribution in [0.4, 0.5) is 0 Å². The molecule has 0 bridgehead atoms. The summed E-state index contributed by atoms with van der Waals surface area (Å²) in [4.78, 5) is 29.3. The molecular weight excluding hydrogens is 447 g/mol. The van der Waals surface area contributed by atoms with Gasteiger partial charge in [-0.25, -0.2) is 9.98 Å². The average molecular weight is 474 g/mol. The first-order chi connectivity index (χ1) is 13.3. The standard InChI is InChI=1S/C20H24N6O.3ClH/c27-19-17(12-14-13-22-18-16(14)4-3-7-21-18)23-20(24-19)26-10-5-15(6-11-26)25-8-1-2-9-25;;;/h3-4,7,12-13,15H,1-2,5-6,8-11H2,(H,21,22)(H,23,24,27);3*1H/b17-12-;;;. The normalized spacial score (nSPS) is 21.1. The Balaban J connectivity index is 0.00000107. The second kappa shape index (κ2) is 10.5. The molecule has 0 radical (unpaired) electrons. The predicted molar refractivity (Wildman–Crippen MR) is 127 cm³/mol. The van der Waals surface area contributed by atoms with E-state index >= 15 is 0 Å². The molecule has 2 aromatic heterocycles. The Kier molecular flexibility index (Phi) is 8.55. The molecule has 10 heteroatoms. The number of likely N-dealkylation sites (tertiary alicyclic amines) is 2. The summed E-state index contributed by atoms with van der Waals surface area (Å²) in [5.74, 6) is 0.564. The van der Waals surface area contributed by atoms with Crippen LogP contribution in [0.15, 0.2) is 35.2 Å². The molecule has 5 heterocycles. The number of H-pyrrole nitrogens is 1. The van der Waals surface area contributed by atoms with Crippen LogP contribution in [-0.2, 0) is 4.79 Å². The Morgan fingerprint density at radius 2 is 1.80 bits per heavy atom. The zero-order valence-electron chi connectivity index (χ0n) is 16.5. The summed E-state index contributed by atoms with van der Waals surface area (Å²) >= 11 is 0. The third-order valence-electron chi connectivity index (χ3n) is 5.88. The highest BCUT2D eigenvalue weighted by Gasteiger charge is 2.30. The molecule has 0 aliphatic carbocycles. The molecule has 3 aliphatic rings. The van der Waals surface area contributed by atoms with Gasteiger partial charge in [-0.3, -0.25) is 10.1 Å². The van der Waals surface area contributed by atoms with Gasteiger partial charge in [0.2, 0.25) is 5.96 Å². The lowest BCUT2D eigenvalue weighted by atomic mass is 10.0. The predicted octanol–water partition coefficient (Wildman–Crippen LogP) is 3.22. The maximum atomic E-state index is 12.4. The second-order valence-electron chi connectivity index (χ2n) is 7.52. The van der Waals surface area contributed by atoms with Gasteiger partial charge in [0.1, 0.15) is 11.3 Å². The van der Waals surface area contributed by atoms with E-state index < -0.39 is 0 Å². The molecule has 0 spiro atoms. The van der Waals surface area contributed by atoms with Crippen molar-refractivity contribution in [2.24, 2.45) is 4.99 Å². The third-order valence-corrected chi connectivity index (χ3v) is 5.88. The fraction of sp³-hybridized carbons (Fsp3) is 0.450. The molecule has 0 unspecified atom stereocenters. The first-order valence-corrected chi connectivity index (χ1v) is 9.81. The number of fused-ring (bicyclic) bond motifs is 1. The van der Waals surface area contributed by atoms with Crippen molar-refractivity contribution in [2.75, 3.05) is 26.2 Å². The number of carbonyl (C=O) groups excluding carboxylic acids is 1. The zero-order valence-corrected chi connectivity index (χ0v) is 19.0. The van der Waals surface area contributed by atoms with Gasteiger partial charge in [0.05, 0.1) is 0 Å². The number of nitrogens with one attached hydrogen (secondary N) is 2. The number of rotatable bonds is 2. The van der Waals surface area contributed by atoms with Crippen molar-refractivity contribution in [3.05, 3.63) is 35.8 Å². The van der Waals surface area contributed by atoms with Crippen molar-refractivity contribution in [1.82, 2.24) is 25.1 Å². The highest BCUT2D eigenvalue weighted by molar-refractivity contribution is 6.14. The lowest BCUT2D eigenvalue weighted by molar-refractivity contribution is -0.115. The van der Waals surface area contributed by atoms with Crippen LogP contribution in [0.5, 0.6) is 0 Å². The molecule has 2 N–H and O–H groups in total. The Morgan fingerprint density at radius 3 is 2.53 bits per heavy atom. The number of nitrogens with zero attached hydrogens (tertiary/aromatic N) is 4. The zero-order chi connectivity index (χ0) is 18.2. The number of aromatic amines is 1. The molecule has 164 valence electrons. The highest BCUT2D eigenvalue weighted by atomic mass is 35.5. The molecule has 2 saturated heterocycles. The van der Waals surface area contributed by atoms with Gasteiger partial charge in [0.25, 0.3) is 5.91 Å². The van der Waals surface area contributed by atoms with Crippen LogP contribution in [0.2, 0.25) is 0 Å². The van der Waals surface area contributed by atoms with Crippen LogP contribution in [0, 0.1) is 0 Å². The van der Waals surface area contributed by atoms with Crippen LogP contribution >= 0.6 is 37.2 Å². The molecular formula is C20H27Cl3N6O. The summed E-state index contributed by atoms with van der Waals surface area (Å²) in [6, 6.07) is 4.58. The minimum absolute atomic E-state index is 0. The summed E-state index contributed by atoms with van der Waals surface area (Å²) < 4.78 is 0. The van der Waals surface area contributed by atoms with E-state index in [0.717, 1.165) is 42.5 Å². The number of hydrogen-bond donors (Lipinski definition) is 2. The van der Waals surface area contributed by atoms with Gasteiger partial charge >= 0.3 is 0 Å². The fourth-order valence-electron chi connectivity index (χ4n) is 4.40. The van der Waals surface area contributed by atoms with Crippen molar-refractivity contribution in [3.8, 4) is 0 Å². The third kappa shape index (κ3) is 4.75. The summed E-state index contributed by atoms with van der Waals surface area (Å²) in [7, 11) is 0. The maximum Gasteiger partial charge on any atom is 0.276 e. The molecule has 0 aromatic carbocycles. The van der Waals surface area contributed by atoms with Gasteiger partial charge in [0, 0.05) is 42.5 Å². The van der Waals surface area contributed by atoms with Crippen molar-refractivity contribution in [3.63, 3.8) is 0 Å². The van der Waals surface area contributed by atoms with E-state index in [-0.39, 0.29) is 43.1 Å². The van der Waals surface area contributed by atoms with Gasteiger partial charge in [0.15, 0.2) is 0 Å². The number of aliphatic imine (C=N–C) groups is 1. The van der Waals surface area contributed by atoms with E-state index in [1.165, 1.54) is 25.9 Å². The van der Waals surface area contributed by atoms with Gasteiger partial charge in [-0.2, -0.15) is 0 Å². The van der Waals surface area contributed by atoms with Crippen LogP contribution in [-0.4, -0.2) is 63.9 Å². The topological polar surface area (TPSA) is 76.6 Å². The minimum Gasteiger partial charge on any atom is -0.346 e. The number of amides is 1. The number of piperidine rings is 1. The van der Waals surface area contributed by atoms with E-state index in [1.807, 2.05) is 24.4 Å². The van der Waals surface area contributed by atoms with E-state index in [0.29, 0.717) is 17.7 Å². The summed E-state index contributed by atoms with van der Waals surface area (Å²) in [6.45, 7) is 4.39. The van der Waals surface area contributed by atoms with Crippen LogP contribution in [0.25, 0.3) is 17.1 Å².